The average Bonchev–Trinajstić information content (AvgIpc) is 3.02. The van der Waals surface area contributed by atoms with Gasteiger partial charge in [-0.25, -0.2) is 9.07 Å². The second-order valence-corrected chi connectivity index (χ2v) is 6.38. The summed E-state index contributed by atoms with van der Waals surface area (Å²) in [5.74, 6) is 0.391. The van der Waals surface area contributed by atoms with E-state index in [-0.39, 0.29) is 24.2 Å². The molecule has 3 aromatic rings. The van der Waals surface area contributed by atoms with Crippen molar-refractivity contribution < 1.29 is 13.9 Å². The molecule has 1 N–H and O–H groups in total. The van der Waals surface area contributed by atoms with Gasteiger partial charge in [-0.3, -0.25) is 4.79 Å². The average molecular weight is 351 g/mol. The van der Waals surface area contributed by atoms with Crippen LogP contribution in [0.1, 0.15) is 11.1 Å². The third-order valence-corrected chi connectivity index (χ3v) is 4.49. The van der Waals surface area contributed by atoms with Crippen molar-refractivity contribution in [2.45, 2.75) is 13.3 Å². The molecule has 0 spiro atoms. The van der Waals surface area contributed by atoms with Crippen LogP contribution in [0.15, 0.2) is 54.7 Å². The Labute approximate surface area is 150 Å². The molecule has 1 aromatic heterocycles. The summed E-state index contributed by atoms with van der Waals surface area (Å²) in [7, 11) is 0. The van der Waals surface area contributed by atoms with Gasteiger partial charge in [-0.05, 0) is 49.2 Å². The lowest BCUT2D eigenvalue weighted by Crippen LogP contribution is -2.33. The number of nitrogens with one attached hydrogen (secondary N) is 1. The van der Waals surface area contributed by atoms with E-state index in [1.165, 1.54) is 12.1 Å². The van der Waals surface area contributed by atoms with Crippen molar-refractivity contribution in [3.05, 3.63) is 71.7 Å². The molecule has 6 heteroatoms. The van der Waals surface area contributed by atoms with Crippen molar-refractivity contribution in [2.24, 2.45) is 5.92 Å². The quantitative estimate of drug-likeness (QED) is 0.786. The number of benzene rings is 2. The Morgan fingerprint density at radius 1 is 1.27 bits per heavy atom. The number of aromatic nitrogens is 2. The van der Waals surface area contributed by atoms with Crippen molar-refractivity contribution >= 4 is 11.7 Å². The number of anilines is 1. The van der Waals surface area contributed by atoms with Gasteiger partial charge in [-0.1, -0.05) is 18.2 Å². The number of rotatable bonds is 3. The molecular weight excluding hydrogens is 333 g/mol. The van der Waals surface area contributed by atoms with E-state index < -0.39 is 0 Å². The van der Waals surface area contributed by atoms with Gasteiger partial charge in [0.15, 0.2) is 0 Å². The number of fused-ring (bicyclic) bond motifs is 1. The Morgan fingerprint density at radius 2 is 2.08 bits per heavy atom. The largest absolute Gasteiger partial charge is 0.492 e. The molecule has 4 rings (SSSR count). The SMILES string of the molecule is Cc1cnn(-c2ccccc2)c1NC(=O)[C@H]1COc2ccc(F)cc2C1. The maximum atomic E-state index is 13.5. The third kappa shape index (κ3) is 3.06. The lowest BCUT2D eigenvalue weighted by atomic mass is 9.96. The number of aryl methyl sites for hydroxylation is 1. The van der Waals surface area contributed by atoms with Crippen LogP contribution in [0.4, 0.5) is 10.2 Å². The molecule has 26 heavy (non-hydrogen) atoms. The van der Waals surface area contributed by atoms with Crippen LogP contribution in [0, 0.1) is 18.7 Å². The Morgan fingerprint density at radius 3 is 2.88 bits per heavy atom. The van der Waals surface area contributed by atoms with Crippen LogP contribution >= 0.6 is 0 Å². The number of hydrogen-bond acceptors (Lipinski definition) is 3. The molecule has 0 radical (unpaired) electrons. The smallest absolute Gasteiger partial charge is 0.232 e. The molecule has 2 aromatic carbocycles. The molecule has 0 unspecified atom stereocenters. The fourth-order valence-corrected chi connectivity index (χ4v) is 3.10. The molecule has 0 fully saturated rings. The van der Waals surface area contributed by atoms with Crippen molar-refractivity contribution in [1.82, 2.24) is 9.78 Å². The van der Waals surface area contributed by atoms with Crippen LogP contribution < -0.4 is 10.1 Å². The molecule has 1 aliphatic heterocycles. The van der Waals surface area contributed by atoms with Crippen molar-refractivity contribution in [2.75, 3.05) is 11.9 Å². The monoisotopic (exact) mass is 351 g/mol. The van der Waals surface area contributed by atoms with Gasteiger partial charge in [-0.15, -0.1) is 0 Å². The minimum atomic E-state index is -0.386. The van der Waals surface area contributed by atoms with Crippen LogP contribution in [-0.4, -0.2) is 22.3 Å². The highest BCUT2D eigenvalue weighted by Crippen LogP contribution is 2.29. The van der Waals surface area contributed by atoms with E-state index in [0.29, 0.717) is 23.6 Å². The summed E-state index contributed by atoms with van der Waals surface area (Å²) in [5.41, 5.74) is 2.44. The molecule has 0 aliphatic carbocycles. The lowest BCUT2D eigenvalue weighted by Gasteiger charge is -2.24. The van der Waals surface area contributed by atoms with Crippen LogP contribution in [-0.2, 0) is 11.2 Å². The van der Waals surface area contributed by atoms with E-state index in [0.717, 1.165) is 11.3 Å². The summed E-state index contributed by atoms with van der Waals surface area (Å²) in [5, 5.41) is 7.31. The van der Waals surface area contributed by atoms with Gasteiger partial charge in [0.2, 0.25) is 5.91 Å². The van der Waals surface area contributed by atoms with Crippen molar-refractivity contribution in [3.63, 3.8) is 0 Å². The Balaban J connectivity index is 1.55. The van der Waals surface area contributed by atoms with Gasteiger partial charge in [0.05, 0.1) is 17.8 Å². The van der Waals surface area contributed by atoms with Crippen LogP contribution in [0.25, 0.3) is 5.69 Å². The Kier molecular flexibility index (Phi) is 4.16. The Hall–Kier alpha value is -3.15. The van der Waals surface area contributed by atoms with Gasteiger partial charge in [0.25, 0.3) is 0 Å². The summed E-state index contributed by atoms with van der Waals surface area (Å²) >= 11 is 0. The minimum Gasteiger partial charge on any atom is -0.492 e. The molecular formula is C20H18FN3O2. The van der Waals surface area contributed by atoms with Gasteiger partial charge >= 0.3 is 0 Å². The second kappa shape index (κ2) is 6.63. The molecule has 5 nitrogen and oxygen atoms in total. The number of carbonyl (C=O) groups excluding carboxylic acids is 1. The zero-order valence-electron chi connectivity index (χ0n) is 14.3. The fraction of sp³-hybridized carbons (Fsp3) is 0.200. The summed E-state index contributed by atoms with van der Waals surface area (Å²) in [6.07, 6.45) is 2.15. The van der Waals surface area contributed by atoms with E-state index in [1.54, 1.807) is 16.9 Å². The second-order valence-electron chi connectivity index (χ2n) is 6.38. The molecule has 0 saturated carbocycles. The highest BCUT2D eigenvalue weighted by molar-refractivity contribution is 5.93. The standard InChI is InChI=1S/C20H18FN3O2/c1-13-11-22-24(17-5-3-2-4-6-17)19(13)23-20(25)15-9-14-10-16(21)7-8-18(14)26-12-15/h2-8,10-11,15H,9,12H2,1H3,(H,23,25)/t15-/m1/s1. The highest BCUT2D eigenvalue weighted by Gasteiger charge is 2.27. The molecule has 0 saturated heterocycles. The topological polar surface area (TPSA) is 56.2 Å². The molecule has 1 amide bonds. The van der Waals surface area contributed by atoms with E-state index in [1.807, 2.05) is 37.3 Å². The highest BCUT2D eigenvalue weighted by atomic mass is 19.1. The minimum absolute atomic E-state index is 0.166. The van der Waals surface area contributed by atoms with Gasteiger partial charge in [-0.2, -0.15) is 5.10 Å². The Bertz CT molecular complexity index is 953. The first-order chi connectivity index (χ1) is 12.6. The number of para-hydroxylation sites is 1. The number of carbonyl (C=O) groups is 1. The maximum Gasteiger partial charge on any atom is 0.232 e. The first-order valence-electron chi connectivity index (χ1n) is 8.44. The van der Waals surface area contributed by atoms with Crippen LogP contribution in [0.5, 0.6) is 5.75 Å². The van der Waals surface area contributed by atoms with E-state index in [4.69, 9.17) is 4.74 Å². The predicted molar refractivity (Wildman–Crippen MR) is 96.0 cm³/mol. The molecule has 1 atom stereocenters. The summed E-state index contributed by atoms with van der Waals surface area (Å²) in [4.78, 5) is 12.8. The van der Waals surface area contributed by atoms with Crippen LogP contribution in [0.2, 0.25) is 0 Å². The number of ether oxygens (including phenoxy) is 1. The fourth-order valence-electron chi connectivity index (χ4n) is 3.10. The molecule has 1 aliphatic rings. The van der Waals surface area contributed by atoms with Gasteiger partial charge in [0.1, 0.15) is 24.0 Å². The molecule has 2 heterocycles. The van der Waals surface area contributed by atoms with E-state index in [9.17, 15) is 9.18 Å². The lowest BCUT2D eigenvalue weighted by molar-refractivity contribution is -0.121. The zero-order valence-corrected chi connectivity index (χ0v) is 14.3. The van der Waals surface area contributed by atoms with Crippen molar-refractivity contribution in [1.29, 1.82) is 0 Å². The summed E-state index contributed by atoms with van der Waals surface area (Å²) in [6, 6.07) is 14.0. The summed E-state index contributed by atoms with van der Waals surface area (Å²) < 4.78 is 20.8. The molecule has 0 bridgehead atoms. The predicted octanol–water partition coefficient (Wildman–Crippen LogP) is 3.51. The number of hydrogen-bond donors (Lipinski definition) is 1. The third-order valence-electron chi connectivity index (χ3n) is 4.49. The number of nitrogens with zero attached hydrogens (tertiary/aromatic N) is 2. The number of halogens is 1. The van der Waals surface area contributed by atoms with E-state index in [2.05, 4.69) is 10.4 Å². The van der Waals surface area contributed by atoms with Gasteiger partial charge < -0.3 is 10.1 Å². The zero-order chi connectivity index (χ0) is 18.1. The van der Waals surface area contributed by atoms with Crippen molar-refractivity contribution in [3.8, 4) is 11.4 Å². The van der Waals surface area contributed by atoms with Gasteiger partial charge in [0, 0.05) is 5.56 Å². The summed E-state index contributed by atoms with van der Waals surface area (Å²) in [6.45, 7) is 2.16. The van der Waals surface area contributed by atoms with E-state index >= 15 is 0 Å². The molecule has 132 valence electrons. The normalized spacial score (nSPS) is 15.8. The first-order valence-corrected chi connectivity index (χ1v) is 8.44. The first kappa shape index (κ1) is 16.3. The maximum absolute atomic E-state index is 13.5. The number of amides is 1. The van der Waals surface area contributed by atoms with Crippen LogP contribution in [0.3, 0.4) is 0 Å².